The van der Waals surface area contributed by atoms with Crippen molar-refractivity contribution in [3.8, 4) is 11.5 Å². The fourth-order valence-corrected chi connectivity index (χ4v) is 3.19. The van der Waals surface area contributed by atoms with Gasteiger partial charge in [0.15, 0.2) is 11.5 Å². The third kappa shape index (κ3) is 3.46. The minimum atomic E-state index is -0.311. The molecule has 0 bridgehead atoms. The minimum Gasteiger partial charge on any atom is -0.504 e. The first-order valence-corrected chi connectivity index (χ1v) is 8.52. The number of hydrogen-bond donors (Lipinski definition) is 1. The van der Waals surface area contributed by atoms with Crippen LogP contribution in [0.25, 0.3) is 0 Å². The van der Waals surface area contributed by atoms with Crippen LogP contribution in [0.3, 0.4) is 0 Å². The number of carbonyl (C=O) groups is 2. The second kappa shape index (κ2) is 7.25. The van der Waals surface area contributed by atoms with Gasteiger partial charge < -0.3 is 19.6 Å². The average molecular weight is 375 g/mol. The van der Waals surface area contributed by atoms with E-state index in [2.05, 4.69) is 0 Å². The van der Waals surface area contributed by atoms with Crippen molar-refractivity contribution in [3.63, 3.8) is 0 Å². The molecule has 2 aromatic carbocycles. The van der Waals surface area contributed by atoms with Crippen molar-refractivity contribution in [3.05, 3.63) is 53.1 Å². The van der Waals surface area contributed by atoms with Crippen LogP contribution >= 0.6 is 11.6 Å². The fourth-order valence-electron chi connectivity index (χ4n) is 3.01. The van der Waals surface area contributed by atoms with Crippen molar-refractivity contribution in [1.82, 2.24) is 4.90 Å². The number of benzene rings is 2. The van der Waals surface area contributed by atoms with Gasteiger partial charge in [-0.05, 0) is 43.3 Å². The summed E-state index contributed by atoms with van der Waals surface area (Å²) >= 11 is 6.01. The molecule has 1 heterocycles. The number of phenolic OH excluding ortho intramolecular Hbond substituents is 1. The lowest BCUT2D eigenvalue weighted by Crippen LogP contribution is -2.57. The van der Waals surface area contributed by atoms with Crippen LogP contribution in [-0.4, -0.2) is 48.1 Å². The summed E-state index contributed by atoms with van der Waals surface area (Å²) in [5.41, 5.74) is 1.02. The fraction of sp³-hybridized carbons (Fsp3) is 0.263. The van der Waals surface area contributed by atoms with Crippen molar-refractivity contribution in [2.45, 2.75) is 13.0 Å². The Hall–Kier alpha value is -2.73. The predicted molar refractivity (Wildman–Crippen MR) is 99.0 cm³/mol. The lowest BCUT2D eigenvalue weighted by atomic mass is 10.1. The quantitative estimate of drug-likeness (QED) is 0.896. The highest BCUT2D eigenvalue weighted by Crippen LogP contribution is 2.28. The first-order chi connectivity index (χ1) is 12.4. The van der Waals surface area contributed by atoms with Crippen LogP contribution in [0.5, 0.6) is 11.5 Å². The van der Waals surface area contributed by atoms with Crippen LogP contribution < -0.4 is 9.64 Å². The number of aromatic hydroxyl groups is 1. The Morgan fingerprint density at radius 1 is 1.27 bits per heavy atom. The zero-order chi connectivity index (χ0) is 18.8. The first-order valence-electron chi connectivity index (χ1n) is 8.14. The number of phenols is 1. The lowest BCUT2D eigenvalue weighted by molar-refractivity contribution is -0.121. The molecule has 7 heteroatoms. The SMILES string of the molecule is COc1ccc(C(=O)N2CC(=O)N(c3cccc(Cl)c3)C[C@H]2C)cc1O. The molecule has 0 spiro atoms. The summed E-state index contributed by atoms with van der Waals surface area (Å²) < 4.78 is 4.99. The summed E-state index contributed by atoms with van der Waals surface area (Å²) in [7, 11) is 1.44. The van der Waals surface area contributed by atoms with E-state index in [0.717, 1.165) is 0 Å². The highest BCUT2D eigenvalue weighted by atomic mass is 35.5. The maximum atomic E-state index is 12.8. The molecule has 3 rings (SSSR count). The number of methoxy groups -OCH3 is 1. The van der Waals surface area contributed by atoms with Crippen LogP contribution in [0.15, 0.2) is 42.5 Å². The van der Waals surface area contributed by atoms with E-state index in [0.29, 0.717) is 22.8 Å². The molecule has 1 saturated heterocycles. The third-order valence-corrected chi connectivity index (χ3v) is 4.63. The van der Waals surface area contributed by atoms with Gasteiger partial charge >= 0.3 is 0 Å². The number of amides is 2. The van der Waals surface area contributed by atoms with Crippen molar-refractivity contribution in [2.75, 3.05) is 25.1 Å². The Morgan fingerprint density at radius 2 is 2.04 bits per heavy atom. The molecule has 1 aliphatic rings. The summed E-state index contributed by atoms with van der Waals surface area (Å²) in [6, 6.07) is 11.3. The lowest BCUT2D eigenvalue weighted by Gasteiger charge is -2.39. The largest absolute Gasteiger partial charge is 0.504 e. The predicted octanol–water partition coefficient (Wildman–Crippen LogP) is 2.93. The van der Waals surface area contributed by atoms with E-state index in [1.807, 2.05) is 13.0 Å². The molecule has 0 unspecified atom stereocenters. The van der Waals surface area contributed by atoms with Crippen LogP contribution in [0.1, 0.15) is 17.3 Å². The maximum Gasteiger partial charge on any atom is 0.254 e. The Labute approximate surface area is 156 Å². The molecule has 2 aromatic rings. The molecule has 1 aliphatic heterocycles. The minimum absolute atomic E-state index is 0.0424. The Bertz CT molecular complexity index is 855. The summed E-state index contributed by atoms with van der Waals surface area (Å²) in [5, 5.41) is 10.4. The van der Waals surface area contributed by atoms with E-state index in [1.165, 1.54) is 24.1 Å². The number of halogens is 1. The molecule has 6 nitrogen and oxygen atoms in total. The second-order valence-electron chi connectivity index (χ2n) is 6.15. The number of anilines is 1. The van der Waals surface area contributed by atoms with Gasteiger partial charge in [0.1, 0.15) is 6.54 Å². The first kappa shape index (κ1) is 18.1. The molecule has 2 amide bonds. The normalized spacial score (nSPS) is 17.3. The number of rotatable bonds is 3. The number of hydrogen-bond acceptors (Lipinski definition) is 4. The highest BCUT2D eigenvalue weighted by Gasteiger charge is 2.34. The van der Waals surface area contributed by atoms with E-state index in [1.54, 1.807) is 29.2 Å². The standard InChI is InChI=1S/C19H19ClN2O4/c1-12-10-22(15-5-3-4-14(20)9-15)18(24)11-21(12)19(25)13-6-7-17(26-2)16(23)8-13/h3-9,12,23H,10-11H2,1-2H3/t12-/m1/s1. The maximum absolute atomic E-state index is 12.8. The van der Waals surface area contributed by atoms with Crippen molar-refractivity contribution in [2.24, 2.45) is 0 Å². The van der Waals surface area contributed by atoms with Gasteiger partial charge in [-0.25, -0.2) is 0 Å². The van der Waals surface area contributed by atoms with Crippen molar-refractivity contribution >= 4 is 29.1 Å². The molecular formula is C19H19ClN2O4. The average Bonchev–Trinajstić information content (AvgIpc) is 2.62. The van der Waals surface area contributed by atoms with E-state index in [9.17, 15) is 14.7 Å². The molecule has 0 saturated carbocycles. The van der Waals surface area contributed by atoms with Crippen LogP contribution in [0, 0.1) is 0 Å². The zero-order valence-corrected chi connectivity index (χ0v) is 15.2. The summed E-state index contributed by atoms with van der Waals surface area (Å²) in [4.78, 5) is 28.5. The monoisotopic (exact) mass is 374 g/mol. The molecule has 26 heavy (non-hydrogen) atoms. The highest BCUT2D eigenvalue weighted by molar-refractivity contribution is 6.30. The van der Waals surface area contributed by atoms with E-state index in [-0.39, 0.29) is 35.9 Å². The van der Waals surface area contributed by atoms with Crippen LogP contribution in [-0.2, 0) is 4.79 Å². The summed E-state index contributed by atoms with van der Waals surface area (Å²) in [5.74, 6) is -0.322. The van der Waals surface area contributed by atoms with E-state index in [4.69, 9.17) is 16.3 Å². The molecule has 0 aromatic heterocycles. The van der Waals surface area contributed by atoms with Gasteiger partial charge in [-0.3, -0.25) is 9.59 Å². The Morgan fingerprint density at radius 3 is 2.69 bits per heavy atom. The summed E-state index contributed by atoms with van der Waals surface area (Å²) in [6.45, 7) is 2.21. The number of ether oxygens (including phenoxy) is 1. The van der Waals surface area contributed by atoms with E-state index < -0.39 is 0 Å². The van der Waals surface area contributed by atoms with Crippen molar-refractivity contribution < 1.29 is 19.4 Å². The number of carbonyl (C=O) groups excluding carboxylic acids is 2. The number of nitrogens with zero attached hydrogens (tertiary/aromatic N) is 2. The van der Waals surface area contributed by atoms with E-state index >= 15 is 0 Å². The number of piperazine rings is 1. The summed E-state index contributed by atoms with van der Waals surface area (Å²) in [6.07, 6.45) is 0. The van der Waals surface area contributed by atoms with Crippen molar-refractivity contribution in [1.29, 1.82) is 0 Å². The molecule has 1 fully saturated rings. The molecule has 1 N–H and O–H groups in total. The van der Waals surface area contributed by atoms with Gasteiger partial charge in [0.05, 0.1) is 7.11 Å². The molecule has 136 valence electrons. The van der Waals surface area contributed by atoms with Gasteiger partial charge in [-0.1, -0.05) is 17.7 Å². The van der Waals surface area contributed by atoms with Gasteiger partial charge in [0, 0.05) is 28.9 Å². The Kier molecular flexibility index (Phi) is 5.04. The van der Waals surface area contributed by atoms with Crippen LogP contribution in [0.4, 0.5) is 5.69 Å². The Balaban J connectivity index is 1.80. The second-order valence-corrected chi connectivity index (χ2v) is 6.59. The smallest absolute Gasteiger partial charge is 0.254 e. The van der Waals surface area contributed by atoms with Gasteiger partial charge in [0.2, 0.25) is 5.91 Å². The van der Waals surface area contributed by atoms with Gasteiger partial charge in [0.25, 0.3) is 5.91 Å². The van der Waals surface area contributed by atoms with Crippen LogP contribution in [0.2, 0.25) is 5.02 Å². The zero-order valence-electron chi connectivity index (χ0n) is 14.5. The molecule has 1 atom stereocenters. The molecule has 0 radical (unpaired) electrons. The molecular weight excluding hydrogens is 356 g/mol. The van der Waals surface area contributed by atoms with Gasteiger partial charge in [-0.2, -0.15) is 0 Å². The topological polar surface area (TPSA) is 70.1 Å². The third-order valence-electron chi connectivity index (χ3n) is 4.39. The van der Waals surface area contributed by atoms with Gasteiger partial charge in [-0.15, -0.1) is 0 Å². The molecule has 0 aliphatic carbocycles.